The van der Waals surface area contributed by atoms with Gasteiger partial charge in [-0.2, -0.15) is 0 Å². The van der Waals surface area contributed by atoms with Gasteiger partial charge < -0.3 is 15.5 Å². The number of aryl methyl sites for hydroxylation is 2. The topological polar surface area (TPSA) is 69.9 Å². The Morgan fingerprint density at radius 3 is 2.19 bits per heavy atom. The molecule has 6 nitrogen and oxygen atoms in total. The summed E-state index contributed by atoms with van der Waals surface area (Å²) in [5, 5.41) is 0. The molecule has 37 heavy (non-hydrogen) atoms. The predicted molar refractivity (Wildman–Crippen MR) is 149 cm³/mol. The van der Waals surface area contributed by atoms with Gasteiger partial charge in [0.25, 0.3) is 0 Å². The van der Waals surface area contributed by atoms with E-state index in [4.69, 9.17) is 5.73 Å². The van der Waals surface area contributed by atoms with Crippen molar-refractivity contribution in [2.24, 2.45) is 5.73 Å². The first-order chi connectivity index (χ1) is 17.9. The number of rotatable bonds is 10. The van der Waals surface area contributed by atoms with E-state index in [0.717, 1.165) is 50.3 Å². The molecular weight excluding hydrogens is 460 g/mol. The van der Waals surface area contributed by atoms with E-state index in [-0.39, 0.29) is 12.3 Å². The number of hydrogen-bond acceptors (Lipinski definition) is 4. The number of piperazine rings is 1. The van der Waals surface area contributed by atoms with Crippen molar-refractivity contribution in [3.8, 4) is 0 Å². The lowest BCUT2D eigenvalue weighted by Gasteiger charge is -2.37. The van der Waals surface area contributed by atoms with Crippen molar-refractivity contribution >= 4 is 17.5 Å². The van der Waals surface area contributed by atoms with E-state index in [1.165, 1.54) is 16.8 Å². The van der Waals surface area contributed by atoms with Crippen LogP contribution in [0.25, 0.3) is 0 Å². The SMILES string of the molecule is Cc1ccc(C)c(N2CCN(CCCN(C(=O)Cc3ccccc3)C(C(N)=O)c3ccccc3)CC2)c1. The van der Waals surface area contributed by atoms with Crippen molar-refractivity contribution in [1.82, 2.24) is 9.80 Å². The van der Waals surface area contributed by atoms with Crippen LogP contribution in [0.15, 0.2) is 78.9 Å². The summed E-state index contributed by atoms with van der Waals surface area (Å²) in [6, 6.07) is 24.9. The lowest BCUT2D eigenvalue weighted by Crippen LogP contribution is -2.48. The first-order valence-electron chi connectivity index (χ1n) is 13.1. The molecule has 0 radical (unpaired) electrons. The van der Waals surface area contributed by atoms with Crippen LogP contribution in [0.1, 0.15) is 34.7 Å². The van der Waals surface area contributed by atoms with E-state index in [1.54, 1.807) is 4.90 Å². The smallest absolute Gasteiger partial charge is 0.244 e. The zero-order chi connectivity index (χ0) is 26.2. The third-order valence-electron chi connectivity index (χ3n) is 7.17. The number of benzene rings is 3. The van der Waals surface area contributed by atoms with E-state index in [2.05, 4.69) is 41.8 Å². The van der Waals surface area contributed by atoms with Gasteiger partial charge in [-0.25, -0.2) is 0 Å². The van der Waals surface area contributed by atoms with Gasteiger partial charge in [-0.3, -0.25) is 14.5 Å². The minimum Gasteiger partial charge on any atom is -0.369 e. The van der Waals surface area contributed by atoms with E-state index in [0.29, 0.717) is 6.54 Å². The van der Waals surface area contributed by atoms with Crippen molar-refractivity contribution in [1.29, 1.82) is 0 Å². The number of hydrogen-bond donors (Lipinski definition) is 1. The van der Waals surface area contributed by atoms with Gasteiger partial charge in [0.1, 0.15) is 6.04 Å². The maximum atomic E-state index is 13.5. The Kier molecular flexibility index (Phi) is 8.96. The third-order valence-corrected chi connectivity index (χ3v) is 7.17. The van der Waals surface area contributed by atoms with E-state index >= 15 is 0 Å². The molecule has 3 aromatic rings. The number of amides is 2. The summed E-state index contributed by atoms with van der Waals surface area (Å²) < 4.78 is 0. The molecule has 0 aliphatic carbocycles. The molecule has 4 rings (SSSR count). The number of primary amides is 1. The first-order valence-corrected chi connectivity index (χ1v) is 13.1. The Morgan fingerprint density at radius 2 is 1.54 bits per heavy atom. The maximum Gasteiger partial charge on any atom is 0.244 e. The number of nitrogens with two attached hydrogens (primary N) is 1. The summed E-state index contributed by atoms with van der Waals surface area (Å²) in [5.41, 5.74) is 11.5. The van der Waals surface area contributed by atoms with Crippen molar-refractivity contribution in [3.63, 3.8) is 0 Å². The highest BCUT2D eigenvalue weighted by molar-refractivity contribution is 5.88. The van der Waals surface area contributed by atoms with Crippen LogP contribution in [0.5, 0.6) is 0 Å². The van der Waals surface area contributed by atoms with Gasteiger partial charge >= 0.3 is 0 Å². The van der Waals surface area contributed by atoms with Crippen molar-refractivity contribution < 1.29 is 9.59 Å². The summed E-state index contributed by atoms with van der Waals surface area (Å²) in [4.78, 5) is 32.7. The molecule has 1 fully saturated rings. The van der Waals surface area contributed by atoms with E-state index in [9.17, 15) is 9.59 Å². The van der Waals surface area contributed by atoms with Gasteiger partial charge in [0, 0.05) is 38.4 Å². The van der Waals surface area contributed by atoms with Crippen LogP contribution in [0.2, 0.25) is 0 Å². The Bertz CT molecular complexity index is 1170. The van der Waals surface area contributed by atoms with Crippen LogP contribution in [0.3, 0.4) is 0 Å². The quantitative estimate of drug-likeness (QED) is 0.457. The fraction of sp³-hybridized carbons (Fsp3) is 0.355. The highest BCUT2D eigenvalue weighted by atomic mass is 16.2. The Hall–Kier alpha value is -3.64. The second kappa shape index (κ2) is 12.5. The van der Waals surface area contributed by atoms with Crippen LogP contribution in [0.4, 0.5) is 5.69 Å². The highest BCUT2D eigenvalue weighted by Crippen LogP contribution is 2.24. The molecule has 1 aliphatic heterocycles. The van der Waals surface area contributed by atoms with Crippen LogP contribution in [-0.2, 0) is 16.0 Å². The number of carbonyl (C=O) groups is 2. The van der Waals surface area contributed by atoms with Gasteiger partial charge in [-0.15, -0.1) is 0 Å². The fourth-order valence-corrected chi connectivity index (χ4v) is 5.14. The zero-order valence-corrected chi connectivity index (χ0v) is 22.0. The van der Waals surface area contributed by atoms with Crippen molar-refractivity contribution in [3.05, 3.63) is 101 Å². The van der Waals surface area contributed by atoms with Crippen molar-refractivity contribution in [2.75, 3.05) is 44.2 Å². The lowest BCUT2D eigenvalue weighted by atomic mass is 10.0. The third kappa shape index (κ3) is 6.98. The first kappa shape index (κ1) is 26.4. The Morgan fingerprint density at radius 1 is 0.892 bits per heavy atom. The molecule has 2 amide bonds. The van der Waals surface area contributed by atoms with Crippen molar-refractivity contribution in [2.45, 2.75) is 32.7 Å². The summed E-state index contributed by atoms with van der Waals surface area (Å²) in [7, 11) is 0. The number of nitrogens with zero attached hydrogens (tertiary/aromatic N) is 3. The van der Waals surface area contributed by atoms with Crippen LogP contribution in [0, 0.1) is 13.8 Å². The van der Waals surface area contributed by atoms with Gasteiger partial charge in [0.2, 0.25) is 11.8 Å². The molecule has 0 aromatic heterocycles. The van der Waals surface area contributed by atoms with Crippen LogP contribution in [-0.4, -0.2) is 60.9 Å². The average molecular weight is 499 g/mol. The summed E-state index contributed by atoms with van der Waals surface area (Å²) in [5.74, 6) is -0.589. The Labute approximate surface area is 220 Å². The molecule has 1 heterocycles. The molecule has 6 heteroatoms. The summed E-state index contributed by atoms with van der Waals surface area (Å²) in [6.45, 7) is 9.57. The van der Waals surface area contributed by atoms with Gasteiger partial charge in [0.05, 0.1) is 6.42 Å². The molecule has 1 atom stereocenters. The van der Waals surface area contributed by atoms with Gasteiger partial charge in [-0.1, -0.05) is 72.8 Å². The second-order valence-electron chi connectivity index (χ2n) is 9.94. The molecule has 194 valence electrons. The molecule has 1 aliphatic rings. The zero-order valence-electron chi connectivity index (χ0n) is 22.0. The molecule has 3 aromatic carbocycles. The van der Waals surface area contributed by atoms with E-state index < -0.39 is 11.9 Å². The summed E-state index contributed by atoms with van der Waals surface area (Å²) in [6.07, 6.45) is 1.02. The standard InChI is InChI=1S/C31H38N4O2/c1-24-14-15-25(2)28(22-24)34-20-18-33(19-21-34)16-9-17-35(29(36)23-26-10-5-3-6-11-26)30(31(32)37)27-12-7-4-8-13-27/h3-8,10-15,22,30H,9,16-21,23H2,1-2H3,(H2,32,37). The molecule has 2 N–H and O–H groups in total. The van der Waals surface area contributed by atoms with Gasteiger partial charge in [-0.05, 0) is 55.1 Å². The molecule has 0 bridgehead atoms. The minimum absolute atomic E-state index is 0.0846. The largest absolute Gasteiger partial charge is 0.369 e. The summed E-state index contributed by atoms with van der Waals surface area (Å²) >= 11 is 0. The molecule has 0 spiro atoms. The van der Waals surface area contributed by atoms with Gasteiger partial charge in [0.15, 0.2) is 0 Å². The van der Waals surface area contributed by atoms with Crippen LogP contribution < -0.4 is 10.6 Å². The molecule has 0 saturated carbocycles. The maximum absolute atomic E-state index is 13.5. The lowest BCUT2D eigenvalue weighted by molar-refractivity contribution is -0.139. The Balaban J connectivity index is 1.40. The second-order valence-corrected chi connectivity index (χ2v) is 9.94. The molecular formula is C31H38N4O2. The molecule has 1 unspecified atom stereocenters. The number of anilines is 1. The highest BCUT2D eigenvalue weighted by Gasteiger charge is 2.29. The average Bonchev–Trinajstić information content (AvgIpc) is 2.91. The van der Waals surface area contributed by atoms with E-state index in [1.807, 2.05) is 60.7 Å². The number of carbonyl (C=O) groups excluding carboxylic acids is 2. The monoisotopic (exact) mass is 498 g/mol. The normalized spacial score (nSPS) is 14.8. The molecule has 1 saturated heterocycles. The fourth-order valence-electron chi connectivity index (χ4n) is 5.14. The van der Waals surface area contributed by atoms with Crippen LogP contribution >= 0.6 is 0 Å². The minimum atomic E-state index is -0.779. The predicted octanol–water partition coefficient (Wildman–Crippen LogP) is 4.11.